The van der Waals surface area contributed by atoms with E-state index in [4.69, 9.17) is 5.73 Å². The SMILES string of the molecule is CCc1ccc([C@@H](C)NC(=O)CSc2nnc(CCC(N)=O)n2C)cc1. The lowest BCUT2D eigenvalue weighted by Crippen LogP contribution is -2.28. The van der Waals surface area contributed by atoms with Crippen molar-refractivity contribution >= 4 is 23.6 Å². The summed E-state index contributed by atoms with van der Waals surface area (Å²) in [6.07, 6.45) is 1.67. The zero-order chi connectivity index (χ0) is 19.1. The second kappa shape index (κ2) is 9.38. The lowest BCUT2D eigenvalue weighted by Gasteiger charge is -2.14. The molecule has 2 aromatic rings. The number of benzene rings is 1. The van der Waals surface area contributed by atoms with E-state index in [-0.39, 0.29) is 30.0 Å². The Hall–Kier alpha value is -2.35. The number of aromatic nitrogens is 3. The molecule has 2 amide bonds. The summed E-state index contributed by atoms with van der Waals surface area (Å²) in [4.78, 5) is 23.1. The van der Waals surface area contributed by atoms with Gasteiger partial charge in [-0.2, -0.15) is 0 Å². The Labute approximate surface area is 157 Å². The molecule has 3 N–H and O–H groups in total. The molecule has 0 aliphatic carbocycles. The van der Waals surface area contributed by atoms with Crippen LogP contribution in [0.1, 0.15) is 43.3 Å². The highest BCUT2D eigenvalue weighted by molar-refractivity contribution is 7.99. The Balaban J connectivity index is 1.85. The van der Waals surface area contributed by atoms with Crippen LogP contribution in [0.2, 0.25) is 0 Å². The van der Waals surface area contributed by atoms with Crippen molar-refractivity contribution in [3.05, 3.63) is 41.2 Å². The molecule has 0 bridgehead atoms. The topological polar surface area (TPSA) is 103 Å². The summed E-state index contributed by atoms with van der Waals surface area (Å²) in [7, 11) is 1.81. The van der Waals surface area contributed by atoms with Gasteiger partial charge in [0.05, 0.1) is 11.8 Å². The van der Waals surface area contributed by atoms with Crippen LogP contribution >= 0.6 is 11.8 Å². The fourth-order valence-electron chi connectivity index (χ4n) is 2.46. The Morgan fingerprint density at radius 1 is 1.27 bits per heavy atom. The van der Waals surface area contributed by atoms with Crippen molar-refractivity contribution < 1.29 is 9.59 Å². The molecular formula is C18H25N5O2S. The largest absolute Gasteiger partial charge is 0.370 e. The van der Waals surface area contributed by atoms with Crippen molar-refractivity contribution in [1.82, 2.24) is 20.1 Å². The quantitative estimate of drug-likeness (QED) is 0.650. The first kappa shape index (κ1) is 20.0. The molecular weight excluding hydrogens is 350 g/mol. The summed E-state index contributed by atoms with van der Waals surface area (Å²) in [5.74, 6) is 0.487. The number of thioether (sulfide) groups is 1. The molecule has 0 fully saturated rings. The summed E-state index contributed by atoms with van der Waals surface area (Å²) < 4.78 is 1.79. The molecule has 0 spiro atoms. The molecule has 0 saturated carbocycles. The van der Waals surface area contributed by atoms with Crippen molar-refractivity contribution in [3.8, 4) is 0 Å². The van der Waals surface area contributed by atoms with E-state index in [1.807, 2.05) is 26.1 Å². The number of amides is 2. The maximum absolute atomic E-state index is 12.2. The van der Waals surface area contributed by atoms with Gasteiger partial charge in [0.15, 0.2) is 5.16 Å². The average Bonchev–Trinajstić information content (AvgIpc) is 2.98. The van der Waals surface area contributed by atoms with Gasteiger partial charge >= 0.3 is 0 Å². The predicted octanol–water partition coefficient (Wildman–Crippen LogP) is 1.76. The first-order valence-corrected chi connectivity index (χ1v) is 9.56. The van der Waals surface area contributed by atoms with Gasteiger partial charge in [-0.05, 0) is 24.5 Å². The Bertz CT molecular complexity index is 757. The number of hydrogen-bond acceptors (Lipinski definition) is 5. The summed E-state index contributed by atoms with van der Waals surface area (Å²) in [6.45, 7) is 4.08. The molecule has 140 valence electrons. The Morgan fingerprint density at radius 2 is 1.96 bits per heavy atom. The lowest BCUT2D eigenvalue weighted by atomic mass is 10.1. The van der Waals surface area contributed by atoms with E-state index < -0.39 is 0 Å². The third-order valence-corrected chi connectivity index (χ3v) is 5.14. The molecule has 2 rings (SSSR count). The summed E-state index contributed by atoms with van der Waals surface area (Å²) in [6, 6.07) is 8.20. The van der Waals surface area contributed by atoms with Gasteiger partial charge in [0.2, 0.25) is 11.8 Å². The lowest BCUT2D eigenvalue weighted by molar-refractivity contribution is -0.119. The number of nitrogens with two attached hydrogens (primary N) is 1. The molecule has 1 atom stereocenters. The molecule has 8 heteroatoms. The zero-order valence-electron chi connectivity index (χ0n) is 15.4. The molecule has 1 heterocycles. The van der Waals surface area contributed by atoms with Gasteiger partial charge in [0, 0.05) is 19.9 Å². The highest BCUT2D eigenvalue weighted by Gasteiger charge is 2.14. The van der Waals surface area contributed by atoms with Crippen LogP contribution in [0.25, 0.3) is 0 Å². The van der Waals surface area contributed by atoms with Gasteiger partial charge < -0.3 is 15.6 Å². The summed E-state index contributed by atoms with van der Waals surface area (Å²) in [5, 5.41) is 11.7. The molecule has 0 unspecified atom stereocenters. The number of aryl methyl sites for hydroxylation is 2. The predicted molar refractivity (Wildman–Crippen MR) is 102 cm³/mol. The highest BCUT2D eigenvalue weighted by Crippen LogP contribution is 2.18. The Morgan fingerprint density at radius 3 is 2.58 bits per heavy atom. The third kappa shape index (κ3) is 5.59. The van der Waals surface area contributed by atoms with E-state index in [0.29, 0.717) is 17.4 Å². The molecule has 7 nitrogen and oxygen atoms in total. The van der Waals surface area contributed by atoms with Crippen LogP contribution < -0.4 is 11.1 Å². The molecule has 0 aliphatic rings. The van der Waals surface area contributed by atoms with E-state index in [0.717, 1.165) is 12.0 Å². The minimum atomic E-state index is -0.373. The van der Waals surface area contributed by atoms with Crippen LogP contribution in [0.15, 0.2) is 29.4 Å². The maximum Gasteiger partial charge on any atom is 0.230 e. The number of nitrogens with one attached hydrogen (secondary N) is 1. The van der Waals surface area contributed by atoms with Crippen LogP contribution in [-0.2, 0) is 29.5 Å². The number of carbonyl (C=O) groups is 2. The van der Waals surface area contributed by atoms with Gasteiger partial charge in [0.1, 0.15) is 5.82 Å². The van der Waals surface area contributed by atoms with E-state index in [1.54, 1.807) is 4.57 Å². The van der Waals surface area contributed by atoms with E-state index in [2.05, 4.69) is 34.6 Å². The zero-order valence-corrected chi connectivity index (χ0v) is 16.2. The smallest absolute Gasteiger partial charge is 0.230 e. The second-order valence-electron chi connectivity index (χ2n) is 6.10. The van der Waals surface area contributed by atoms with E-state index in [9.17, 15) is 9.59 Å². The van der Waals surface area contributed by atoms with Crippen molar-refractivity contribution in [3.63, 3.8) is 0 Å². The Kier molecular flexibility index (Phi) is 7.20. The molecule has 1 aromatic carbocycles. The third-order valence-electron chi connectivity index (χ3n) is 4.12. The van der Waals surface area contributed by atoms with Crippen LogP contribution in [0, 0.1) is 0 Å². The molecule has 26 heavy (non-hydrogen) atoms. The second-order valence-corrected chi connectivity index (χ2v) is 7.04. The van der Waals surface area contributed by atoms with E-state index in [1.165, 1.54) is 17.3 Å². The number of hydrogen-bond donors (Lipinski definition) is 2. The van der Waals surface area contributed by atoms with Crippen molar-refractivity contribution in [1.29, 1.82) is 0 Å². The van der Waals surface area contributed by atoms with Gasteiger partial charge in [0.25, 0.3) is 0 Å². The van der Waals surface area contributed by atoms with E-state index >= 15 is 0 Å². The summed E-state index contributed by atoms with van der Waals surface area (Å²) >= 11 is 1.31. The summed E-state index contributed by atoms with van der Waals surface area (Å²) in [5.41, 5.74) is 7.50. The minimum absolute atomic E-state index is 0.0559. The van der Waals surface area contributed by atoms with Crippen LogP contribution in [0.3, 0.4) is 0 Å². The van der Waals surface area contributed by atoms with Gasteiger partial charge in [-0.15, -0.1) is 10.2 Å². The number of carbonyl (C=O) groups excluding carboxylic acids is 2. The normalized spacial score (nSPS) is 12.0. The monoisotopic (exact) mass is 375 g/mol. The van der Waals surface area contributed by atoms with Crippen molar-refractivity contribution in [2.24, 2.45) is 12.8 Å². The fraction of sp³-hybridized carbons (Fsp3) is 0.444. The first-order chi connectivity index (χ1) is 12.4. The standard InChI is InChI=1S/C18H25N5O2S/c1-4-13-5-7-14(8-6-13)12(2)20-17(25)11-26-18-22-21-16(23(18)3)10-9-15(19)24/h5-8,12H,4,9-11H2,1-3H3,(H2,19,24)(H,20,25)/t12-/m1/s1. The van der Waals surface area contributed by atoms with Crippen LogP contribution in [0.5, 0.6) is 0 Å². The van der Waals surface area contributed by atoms with Crippen LogP contribution in [0.4, 0.5) is 0 Å². The highest BCUT2D eigenvalue weighted by atomic mass is 32.2. The molecule has 0 aliphatic heterocycles. The number of nitrogens with zero attached hydrogens (tertiary/aromatic N) is 3. The van der Waals surface area contributed by atoms with Crippen molar-refractivity contribution in [2.45, 2.75) is 44.3 Å². The van der Waals surface area contributed by atoms with Gasteiger partial charge in [-0.3, -0.25) is 9.59 Å². The van der Waals surface area contributed by atoms with Gasteiger partial charge in [-0.1, -0.05) is 43.0 Å². The van der Waals surface area contributed by atoms with Crippen molar-refractivity contribution in [2.75, 3.05) is 5.75 Å². The molecule has 0 saturated heterocycles. The minimum Gasteiger partial charge on any atom is -0.370 e. The van der Waals surface area contributed by atoms with Crippen LogP contribution in [-0.4, -0.2) is 32.3 Å². The molecule has 0 radical (unpaired) electrons. The van der Waals surface area contributed by atoms with Gasteiger partial charge in [-0.25, -0.2) is 0 Å². The number of primary amides is 1. The number of rotatable bonds is 9. The fourth-order valence-corrected chi connectivity index (χ4v) is 3.20. The molecule has 1 aromatic heterocycles. The average molecular weight is 375 g/mol. The maximum atomic E-state index is 12.2. The first-order valence-electron chi connectivity index (χ1n) is 8.58.